The Morgan fingerprint density at radius 2 is 2.15 bits per heavy atom. The minimum Gasteiger partial charge on any atom is -0.497 e. The quantitative estimate of drug-likeness (QED) is 0.704. The van der Waals surface area contributed by atoms with Gasteiger partial charge in [-0.3, -0.25) is 0 Å². The van der Waals surface area contributed by atoms with Crippen LogP contribution in [0.15, 0.2) is 24.3 Å². The van der Waals surface area contributed by atoms with Gasteiger partial charge in [0.1, 0.15) is 5.75 Å². The zero-order valence-electron chi connectivity index (χ0n) is 12.7. The molecule has 0 saturated heterocycles. The van der Waals surface area contributed by atoms with Crippen LogP contribution in [0, 0.1) is 5.92 Å². The molecule has 0 radical (unpaired) electrons. The average Bonchev–Trinajstić information content (AvgIpc) is 2.47. The molecule has 0 aliphatic rings. The predicted octanol–water partition coefficient (Wildman–Crippen LogP) is 4.20. The van der Waals surface area contributed by atoms with Gasteiger partial charge in [-0.1, -0.05) is 39.2 Å². The normalized spacial score (nSPS) is 11.8. The number of nitrogens with one attached hydrogen (secondary N) is 2. The maximum absolute atomic E-state index is 5.33. The minimum absolute atomic E-state index is 0.674. The fourth-order valence-corrected chi connectivity index (χ4v) is 2.26. The molecule has 0 fully saturated rings. The van der Waals surface area contributed by atoms with Crippen LogP contribution in [-0.4, -0.2) is 18.8 Å². The van der Waals surface area contributed by atoms with Gasteiger partial charge in [0.15, 0.2) is 5.11 Å². The number of benzene rings is 1. The summed E-state index contributed by atoms with van der Waals surface area (Å²) in [4.78, 5) is 0. The second-order valence-electron chi connectivity index (χ2n) is 4.98. The van der Waals surface area contributed by atoms with Gasteiger partial charge in [0, 0.05) is 18.3 Å². The van der Waals surface area contributed by atoms with Crippen molar-refractivity contribution in [2.75, 3.05) is 19.0 Å². The van der Waals surface area contributed by atoms with Crippen LogP contribution < -0.4 is 15.4 Å². The summed E-state index contributed by atoms with van der Waals surface area (Å²) in [5, 5.41) is 7.17. The van der Waals surface area contributed by atoms with Crippen molar-refractivity contribution in [1.29, 1.82) is 0 Å². The molecule has 0 heterocycles. The summed E-state index contributed by atoms with van der Waals surface area (Å²) in [6.07, 6.45) is 5.00. The molecule has 0 bridgehead atoms. The summed E-state index contributed by atoms with van der Waals surface area (Å²) in [6.45, 7) is 5.40. The molecular formula is C16H26N2OS. The first-order chi connectivity index (χ1) is 9.69. The van der Waals surface area contributed by atoms with E-state index in [4.69, 9.17) is 17.0 Å². The SMILES string of the molecule is CCCCC(CC)CNC(=S)Nc1cccc(OC)c1. The molecule has 0 aliphatic heterocycles. The highest BCUT2D eigenvalue weighted by atomic mass is 32.1. The lowest BCUT2D eigenvalue weighted by Gasteiger charge is -2.17. The Hall–Kier alpha value is -1.29. The van der Waals surface area contributed by atoms with E-state index in [0.29, 0.717) is 11.0 Å². The van der Waals surface area contributed by atoms with E-state index in [9.17, 15) is 0 Å². The fraction of sp³-hybridized carbons (Fsp3) is 0.562. The number of anilines is 1. The number of rotatable bonds is 8. The lowest BCUT2D eigenvalue weighted by molar-refractivity contribution is 0.415. The van der Waals surface area contributed by atoms with Crippen LogP contribution in [0.3, 0.4) is 0 Å². The molecule has 0 amide bonds. The fourth-order valence-electron chi connectivity index (χ4n) is 2.06. The molecule has 112 valence electrons. The van der Waals surface area contributed by atoms with Crippen molar-refractivity contribution >= 4 is 23.0 Å². The largest absolute Gasteiger partial charge is 0.497 e. The summed E-state index contributed by atoms with van der Waals surface area (Å²) in [6, 6.07) is 7.77. The van der Waals surface area contributed by atoms with E-state index in [-0.39, 0.29) is 0 Å². The van der Waals surface area contributed by atoms with Gasteiger partial charge >= 0.3 is 0 Å². The van der Waals surface area contributed by atoms with Crippen LogP contribution in [-0.2, 0) is 0 Å². The zero-order valence-corrected chi connectivity index (χ0v) is 13.6. The highest BCUT2D eigenvalue weighted by molar-refractivity contribution is 7.80. The molecule has 3 nitrogen and oxygen atoms in total. The highest BCUT2D eigenvalue weighted by Crippen LogP contribution is 2.16. The van der Waals surface area contributed by atoms with Gasteiger partial charge in [0.25, 0.3) is 0 Å². The van der Waals surface area contributed by atoms with Crippen molar-refractivity contribution in [1.82, 2.24) is 5.32 Å². The van der Waals surface area contributed by atoms with Crippen LogP contribution >= 0.6 is 12.2 Å². The Labute approximate surface area is 128 Å². The molecule has 1 unspecified atom stereocenters. The average molecular weight is 294 g/mol. The Kier molecular flexibility index (Phi) is 8.04. The Bertz CT molecular complexity index is 409. The first kappa shape index (κ1) is 16.8. The van der Waals surface area contributed by atoms with Gasteiger partial charge in [0.05, 0.1) is 7.11 Å². The van der Waals surface area contributed by atoms with E-state index >= 15 is 0 Å². The number of methoxy groups -OCH3 is 1. The van der Waals surface area contributed by atoms with E-state index < -0.39 is 0 Å². The maximum Gasteiger partial charge on any atom is 0.170 e. The van der Waals surface area contributed by atoms with E-state index in [0.717, 1.165) is 18.0 Å². The predicted molar refractivity (Wildman–Crippen MR) is 90.5 cm³/mol. The number of ether oxygens (including phenoxy) is 1. The first-order valence-electron chi connectivity index (χ1n) is 7.38. The van der Waals surface area contributed by atoms with Crippen molar-refractivity contribution in [2.24, 2.45) is 5.92 Å². The van der Waals surface area contributed by atoms with E-state index in [1.54, 1.807) is 7.11 Å². The van der Waals surface area contributed by atoms with Crippen molar-refractivity contribution < 1.29 is 4.74 Å². The zero-order chi connectivity index (χ0) is 14.8. The molecule has 1 atom stereocenters. The Morgan fingerprint density at radius 3 is 2.80 bits per heavy atom. The van der Waals surface area contributed by atoms with Gasteiger partial charge < -0.3 is 15.4 Å². The molecule has 1 rings (SSSR count). The summed E-state index contributed by atoms with van der Waals surface area (Å²) >= 11 is 5.33. The summed E-state index contributed by atoms with van der Waals surface area (Å²) in [5.74, 6) is 1.52. The first-order valence-corrected chi connectivity index (χ1v) is 7.79. The molecule has 1 aromatic carbocycles. The van der Waals surface area contributed by atoms with Crippen molar-refractivity contribution in [3.63, 3.8) is 0 Å². The standard InChI is InChI=1S/C16H26N2OS/c1-4-6-8-13(5-2)12-17-16(20)18-14-9-7-10-15(11-14)19-3/h7,9-11,13H,4-6,8,12H2,1-3H3,(H2,17,18,20). The lowest BCUT2D eigenvalue weighted by atomic mass is 9.99. The van der Waals surface area contributed by atoms with Gasteiger partial charge in [-0.2, -0.15) is 0 Å². The third-order valence-corrected chi connectivity index (χ3v) is 3.67. The van der Waals surface area contributed by atoms with Gasteiger partial charge in [0.2, 0.25) is 0 Å². The lowest BCUT2D eigenvalue weighted by Crippen LogP contribution is -2.32. The van der Waals surface area contributed by atoms with Crippen LogP contribution in [0.4, 0.5) is 5.69 Å². The molecule has 0 aliphatic carbocycles. The Balaban J connectivity index is 2.38. The molecule has 1 aromatic rings. The summed E-state index contributed by atoms with van der Waals surface area (Å²) in [5.41, 5.74) is 0.948. The van der Waals surface area contributed by atoms with Crippen LogP contribution in [0.25, 0.3) is 0 Å². The Morgan fingerprint density at radius 1 is 1.35 bits per heavy atom. The molecule has 0 aromatic heterocycles. The topological polar surface area (TPSA) is 33.3 Å². The van der Waals surface area contributed by atoms with Gasteiger partial charge in [-0.25, -0.2) is 0 Å². The monoisotopic (exact) mass is 294 g/mol. The molecule has 20 heavy (non-hydrogen) atoms. The second kappa shape index (κ2) is 9.59. The van der Waals surface area contributed by atoms with E-state index in [1.807, 2.05) is 24.3 Å². The summed E-state index contributed by atoms with van der Waals surface area (Å²) in [7, 11) is 1.66. The number of thiocarbonyl (C=S) groups is 1. The van der Waals surface area contributed by atoms with E-state index in [1.165, 1.54) is 25.7 Å². The molecule has 2 N–H and O–H groups in total. The molecule has 4 heteroatoms. The number of hydrogen-bond donors (Lipinski definition) is 2. The minimum atomic E-state index is 0.674. The summed E-state index contributed by atoms with van der Waals surface area (Å²) < 4.78 is 5.19. The second-order valence-corrected chi connectivity index (χ2v) is 5.39. The number of hydrogen-bond acceptors (Lipinski definition) is 2. The van der Waals surface area contributed by atoms with Crippen molar-refractivity contribution in [3.8, 4) is 5.75 Å². The molecule has 0 saturated carbocycles. The van der Waals surface area contributed by atoms with Crippen LogP contribution in [0.5, 0.6) is 5.75 Å². The molecule has 0 spiro atoms. The molecular weight excluding hydrogens is 268 g/mol. The van der Waals surface area contributed by atoms with E-state index in [2.05, 4.69) is 24.5 Å². The highest BCUT2D eigenvalue weighted by Gasteiger charge is 2.06. The van der Waals surface area contributed by atoms with Crippen LogP contribution in [0.2, 0.25) is 0 Å². The van der Waals surface area contributed by atoms with Crippen molar-refractivity contribution in [3.05, 3.63) is 24.3 Å². The van der Waals surface area contributed by atoms with Gasteiger partial charge in [-0.05, 0) is 36.7 Å². The number of unbranched alkanes of at least 4 members (excludes halogenated alkanes) is 1. The third-order valence-electron chi connectivity index (χ3n) is 3.42. The van der Waals surface area contributed by atoms with Gasteiger partial charge in [-0.15, -0.1) is 0 Å². The maximum atomic E-state index is 5.33. The van der Waals surface area contributed by atoms with Crippen molar-refractivity contribution in [2.45, 2.75) is 39.5 Å². The van der Waals surface area contributed by atoms with Crippen LogP contribution in [0.1, 0.15) is 39.5 Å². The third kappa shape index (κ3) is 6.24. The smallest absolute Gasteiger partial charge is 0.170 e.